The van der Waals surface area contributed by atoms with Crippen molar-refractivity contribution in [2.24, 2.45) is 0 Å². The third-order valence-corrected chi connectivity index (χ3v) is 6.69. The molecule has 0 fully saturated rings. The van der Waals surface area contributed by atoms with E-state index in [0.717, 1.165) is 45.7 Å². The number of carboxylic acids is 1. The molecule has 0 atom stereocenters. The van der Waals surface area contributed by atoms with Crippen LogP contribution in [0.2, 0.25) is 0 Å². The summed E-state index contributed by atoms with van der Waals surface area (Å²) in [7, 11) is 0. The SMILES string of the molecule is Nc1ccc(-c2cc(N)c3c(c2-c2ccc(N)cc2)Cc2ccccc2-3)cc1.Nc1ccc(C(=O)O)cc1. The van der Waals surface area contributed by atoms with Gasteiger partial charge < -0.3 is 28.0 Å². The summed E-state index contributed by atoms with van der Waals surface area (Å²) in [6.07, 6.45) is 0.873. The standard InChI is InChI=1S/C25H21N3.C7H7NO2/c26-18-9-5-15(6-10-18)21-14-23(28)25-20-4-2-1-3-17(20)13-22(25)24(21)16-7-11-19(27)12-8-16;8-6-3-1-5(2-4-6)7(9)10/h1-12,14H,13,26-28H2;1-4H,8H2,(H,9,10). The highest BCUT2D eigenvalue weighted by atomic mass is 16.4. The highest BCUT2D eigenvalue weighted by Crippen LogP contribution is 2.49. The fraction of sp³-hybridized carbons (Fsp3) is 0.0312. The van der Waals surface area contributed by atoms with Gasteiger partial charge in [-0.3, -0.25) is 0 Å². The molecule has 6 nitrogen and oxygen atoms in total. The molecular formula is C32H28N4O2. The Morgan fingerprint density at radius 3 is 1.71 bits per heavy atom. The van der Waals surface area contributed by atoms with Crippen molar-refractivity contribution in [1.82, 2.24) is 0 Å². The largest absolute Gasteiger partial charge is 0.478 e. The van der Waals surface area contributed by atoms with Gasteiger partial charge in [0.15, 0.2) is 0 Å². The molecule has 0 saturated heterocycles. The van der Waals surface area contributed by atoms with Crippen LogP contribution in [0.3, 0.4) is 0 Å². The summed E-state index contributed by atoms with van der Waals surface area (Å²) in [6.45, 7) is 0. The summed E-state index contributed by atoms with van der Waals surface area (Å²) < 4.78 is 0. The van der Waals surface area contributed by atoms with Gasteiger partial charge in [-0.2, -0.15) is 0 Å². The number of nitrogen functional groups attached to an aromatic ring is 4. The van der Waals surface area contributed by atoms with E-state index in [1.54, 1.807) is 12.1 Å². The number of anilines is 4. The molecule has 0 amide bonds. The van der Waals surface area contributed by atoms with E-state index in [1.165, 1.54) is 34.4 Å². The lowest BCUT2D eigenvalue weighted by atomic mass is 9.87. The maximum Gasteiger partial charge on any atom is 0.335 e. The molecule has 0 spiro atoms. The van der Waals surface area contributed by atoms with Crippen LogP contribution in [0.1, 0.15) is 21.5 Å². The number of carbonyl (C=O) groups is 1. The summed E-state index contributed by atoms with van der Waals surface area (Å²) in [5.74, 6) is -0.931. The Kier molecular flexibility index (Phi) is 6.46. The predicted octanol–water partition coefficient (Wildman–Crippen LogP) is 6.31. The third kappa shape index (κ3) is 4.75. The van der Waals surface area contributed by atoms with E-state index in [-0.39, 0.29) is 5.56 Å². The second-order valence-electron chi connectivity index (χ2n) is 9.25. The molecule has 188 valence electrons. The van der Waals surface area contributed by atoms with Crippen LogP contribution in [0.15, 0.2) is 103 Å². The Morgan fingerprint density at radius 1 is 0.605 bits per heavy atom. The van der Waals surface area contributed by atoms with Crippen molar-refractivity contribution < 1.29 is 9.90 Å². The number of hydrogen-bond donors (Lipinski definition) is 5. The summed E-state index contributed by atoms with van der Waals surface area (Å²) in [4.78, 5) is 10.3. The number of benzene rings is 5. The quantitative estimate of drug-likeness (QED) is 0.180. The van der Waals surface area contributed by atoms with Crippen LogP contribution in [0.5, 0.6) is 0 Å². The normalized spacial score (nSPS) is 11.2. The molecule has 38 heavy (non-hydrogen) atoms. The Hall–Kier alpha value is -5.23. The van der Waals surface area contributed by atoms with Gasteiger partial charge in [0.1, 0.15) is 0 Å². The molecular weight excluding hydrogens is 472 g/mol. The van der Waals surface area contributed by atoms with Gasteiger partial charge in [0.05, 0.1) is 5.56 Å². The van der Waals surface area contributed by atoms with E-state index in [4.69, 9.17) is 28.0 Å². The van der Waals surface area contributed by atoms with Crippen LogP contribution in [0.25, 0.3) is 33.4 Å². The Bertz CT molecular complexity index is 1630. The van der Waals surface area contributed by atoms with Crippen molar-refractivity contribution in [2.45, 2.75) is 6.42 Å². The van der Waals surface area contributed by atoms with Crippen molar-refractivity contribution in [1.29, 1.82) is 0 Å². The molecule has 1 aliphatic carbocycles. The Labute approximate surface area is 221 Å². The van der Waals surface area contributed by atoms with Crippen LogP contribution in [0, 0.1) is 0 Å². The van der Waals surface area contributed by atoms with E-state index in [9.17, 15) is 4.79 Å². The zero-order valence-electron chi connectivity index (χ0n) is 20.7. The lowest BCUT2D eigenvalue weighted by Crippen LogP contribution is -1.98. The van der Waals surface area contributed by atoms with Crippen LogP contribution in [-0.4, -0.2) is 11.1 Å². The zero-order valence-corrected chi connectivity index (χ0v) is 20.7. The van der Waals surface area contributed by atoms with Crippen molar-refractivity contribution in [3.05, 3.63) is 120 Å². The van der Waals surface area contributed by atoms with Crippen LogP contribution in [0.4, 0.5) is 22.7 Å². The highest BCUT2D eigenvalue weighted by Gasteiger charge is 2.26. The number of carboxylic acid groups (broad SMARTS) is 1. The number of rotatable bonds is 3. The van der Waals surface area contributed by atoms with Gasteiger partial charge in [-0.1, -0.05) is 48.5 Å². The van der Waals surface area contributed by atoms with Gasteiger partial charge in [0, 0.05) is 28.3 Å². The Morgan fingerprint density at radius 2 is 1.13 bits per heavy atom. The van der Waals surface area contributed by atoms with E-state index in [2.05, 4.69) is 54.6 Å². The smallest absolute Gasteiger partial charge is 0.335 e. The average molecular weight is 501 g/mol. The molecule has 6 rings (SSSR count). The summed E-state index contributed by atoms with van der Waals surface area (Å²) >= 11 is 0. The number of nitrogens with two attached hydrogens (primary N) is 4. The molecule has 0 aromatic heterocycles. The van der Waals surface area contributed by atoms with Gasteiger partial charge in [-0.05, 0) is 100.0 Å². The van der Waals surface area contributed by atoms with Crippen molar-refractivity contribution >= 4 is 28.7 Å². The van der Waals surface area contributed by atoms with Gasteiger partial charge in [-0.15, -0.1) is 0 Å². The number of fused-ring (bicyclic) bond motifs is 3. The summed E-state index contributed by atoms with van der Waals surface area (Å²) in [5, 5.41) is 8.43. The van der Waals surface area contributed by atoms with Crippen molar-refractivity contribution in [3.63, 3.8) is 0 Å². The van der Waals surface area contributed by atoms with Gasteiger partial charge >= 0.3 is 5.97 Å². The second kappa shape index (κ2) is 10.0. The first-order valence-electron chi connectivity index (χ1n) is 12.2. The molecule has 9 N–H and O–H groups in total. The number of hydrogen-bond acceptors (Lipinski definition) is 5. The first-order valence-corrected chi connectivity index (χ1v) is 12.2. The second-order valence-corrected chi connectivity index (χ2v) is 9.25. The predicted molar refractivity (Wildman–Crippen MR) is 157 cm³/mol. The summed E-state index contributed by atoms with van der Waals surface area (Å²) in [5.41, 5.74) is 36.5. The molecule has 1 aliphatic rings. The fourth-order valence-electron chi connectivity index (χ4n) is 4.86. The van der Waals surface area contributed by atoms with Crippen LogP contribution < -0.4 is 22.9 Å². The highest BCUT2D eigenvalue weighted by molar-refractivity contribution is 5.99. The maximum atomic E-state index is 10.3. The molecule has 0 heterocycles. The van der Waals surface area contributed by atoms with E-state index in [1.807, 2.05) is 24.3 Å². The molecule has 6 heteroatoms. The third-order valence-electron chi connectivity index (χ3n) is 6.69. The molecule has 0 bridgehead atoms. The van der Waals surface area contributed by atoms with Crippen molar-refractivity contribution in [2.75, 3.05) is 22.9 Å². The molecule has 0 radical (unpaired) electrons. The van der Waals surface area contributed by atoms with Crippen LogP contribution in [-0.2, 0) is 6.42 Å². The first kappa shape index (κ1) is 24.5. The Balaban J connectivity index is 0.000000249. The monoisotopic (exact) mass is 500 g/mol. The van der Waals surface area contributed by atoms with E-state index in [0.29, 0.717) is 5.69 Å². The zero-order chi connectivity index (χ0) is 26.8. The fourth-order valence-corrected chi connectivity index (χ4v) is 4.86. The van der Waals surface area contributed by atoms with E-state index >= 15 is 0 Å². The van der Waals surface area contributed by atoms with Gasteiger partial charge in [-0.25, -0.2) is 4.79 Å². The minimum Gasteiger partial charge on any atom is -0.478 e. The first-order chi connectivity index (χ1) is 18.3. The molecule has 5 aromatic carbocycles. The molecule has 0 aliphatic heterocycles. The topological polar surface area (TPSA) is 141 Å². The lowest BCUT2D eigenvalue weighted by Gasteiger charge is -2.18. The number of aromatic carboxylic acids is 1. The average Bonchev–Trinajstić information content (AvgIpc) is 3.30. The minimum absolute atomic E-state index is 0.259. The summed E-state index contributed by atoms with van der Waals surface area (Å²) in [6, 6.07) is 32.7. The van der Waals surface area contributed by atoms with Crippen LogP contribution >= 0.6 is 0 Å². The minimum atomic E-state index is -0.931. The van der Waals surface area contributed by atoms with Gasteiger partial charge in [0.25, 0.3) is 0 Å². The maximum absolute atomic E-state index is 10.3. The van der Waals surface area contributed by atoms with Crippen molar-refractivity contribution in [3.8, 4) is 33.4 Å². The molecule has 0 unspecified atom stereocenters. The molecule has 0 saturated carbocycles. The molecule has 5 aromatic rings. The lowest BCUT2D eigenvalue weighted by molar-refractivity contribution is 0.0697. The van der Waals surface area contributed by atoms with E-state index < -0.39 is 5.97 Å². The van der Waals surface area contributed by atoms with Gasteiger partial charge in [0.2, 0.25) is 0 Å².